The van der Waals surface area contributed by atoms with Gasteiger partial charge in [-0.2, -0.15) is 5.10 Å². The maximum atomic E-state index is 15.2. The molecule has 2 N–H and O–H groups in total. The number of nitrogens with zero attached hydrogens (tertiary/aromatic N) is 3. The number of fused-ring (bicyclic) bond motifs is 1. The monoisotopic (exact) mass is 445 g/mol. The molecule has 1 atom stereocenters. The predicted octanol–water partition coefficient (Wildman–Crippen LogP) is 3.65. The van der Waals surface area contributed by atoms with Gasteiger partial charge in [0.05, 0.1) is 5.69 Å². The van der Waals surface area contributed by atoms with Gasteiger partial charge in [0.25, 0.3) is 0 Å². The van der Waals surface area contributed by atoms with Crippen LogP contribution in [0, 0.1) is 17.7 Å². The lowest BCUT2D eigenvalue weighted by molar-refractivity contribution is -0.131. The summed E-state index contributed by atoms with van der Waals surface area (Å²) in [4.78, 5) is 30.0. The summed E-state index contributed by atoms with van der Waals surface area (Å²) < 4.78 is 16.5. The summed E-state index contributed by atoms with van der Waals surface area (Å²) in [5.41, 5.74) is 2.32. The van der Waals surface area contributed by atoms with Crippen molar-refractivity contribution in [2.75, 3.05) is 13.1 Å². The van der Waals surface area contributed by atoms with Crippen LogP contribution in [0.3, 0.4) is 0 Å². The molecular weight excluding hydrogens is 421 g/mol. The van der Waals surface area contributed by atoms with E-state index in [9.17, 15) is 9.59 Å². The van der Waals surface area contributed by atoms with E-state index in [2.05, 4.69) is 15.2 Å². The van der Waals surface area contributed by atoms with Gasteiger partial charge in [0.2, 0.25) is 5.91 Å². The molecule has 3 heterocycles. The van der Waals surface area contributed by atoms with Crippen LogP contribution in [0.15, 0.2) is 53.5 Å². The Morgan fingerprint density at radius 3 is 2.73 bits per heavy atom. The van der Waals surface area contributed by atoms with Gasteiger partial charge in [0.15, 0.2) is 0 Å². The zero-order chi connectivity index (χ0) is 22.5. The number of aromatic amines is 2. The summed E-state index contributed by atoms with van der Waals surface area (Å²) in [7, 11) is 0. The summed E-state index contributed by atoms with van der Waals surface area (Å²) in [6.45, 7) is 1.40. The van der Waals surface area contributed by atoms with Crippen LogP contribution in [0.1, 0.15) is 25.1 Å². The molecule has 33 heavy (non-hydrogen) atoms. The van der Waals surface area contributed by atoms with Gasteiger partial charge in [-0.15, -0.1) is 0 Å². The van der Waals surface area contributed by atoms with E-state index in [-0.39, 0.29) is 23.4 Å². The standard InChI is InChI=1S/C25H24FN5O2/c26-20-12-18(19-4-1-16-7-9-27-21(16)13-19)5-6-22(20)31-23(28-29-25(31)33)11-15-8-10-30(14-15)24(32)17-2-3-17/h1,4-7,9,12-13,15,17,27H,2-3,8,10-11,14H2,(H,29,33). The van der Waals surface area contributed by atoms with E-state index in [1.165, 1.54) is 10.6 Å². The molecule has 168 valence electrons. The number of benzene rings is 2. The third-order valence-corrected chi connectivity index (χ3v) is 6.81. The fourth-order valence-electron chi connectivity index (χ4n) is 4.86. The highest BCUT2D eigenvalue weighted by Gasteiger charge is 2.37. The normalized spacial score (nSPS) is 18.3. The number of halogens is 1. The number of rotatable bonds is 5. The molecule has 6 rings (SSSR count). The first kappa shape index (κ1) is 20.0. The average molecular weight is 445 g/mol. The molecule has 2 aromatic carbocycles. The van der Waals surface area contributed by atoms with Crippen molar-refractivity contribution in [1.82, 2.24) is 24.6 Å². The van der Waals surface area contributed by atoms with Crippen LogP contribution in [0.4, 0.5) is 4.39 Å². The average Bonchev–Trinajstić information content (AvgIpc) is 3.21. The first-order chi connectivity index (χ1) is 16.1. The van der Waals surface area contributed by atoms with Crippen LogP contribution in [-0.4, -0.2) is 43.6 Å². The van der Waals surface area contributed by atoms with Gasteiger partial charge in [-0.25, -0.2) is 18.9 Å². The number of aromatic nitrogens is 4. The first-order valence-corrected chi connectivity index (χ1v) is 11.4. The molecule has 0 radical (unpaired) electrons. The number of H-pyrrole nitrogens is 2. The molecule has 4 aromatic rings. The van der Waals surface area contributed by atoms with E-state index in [0.717, 1.165) is 47.8 Å². The van der Waals surface area contributed by atoms with Crippen molar-refractivity contribution in [2.45, 2.75) is 25.7 Å². The predicted molar refractivity (Wildman–Crippen MR) is 123 cm³/mol. The van der Waals surface area contributed by atoms with Gasteiger partial charge < -0.3 is 9.88 Å². The molecule has 1 aliphatic heterocycles. The van der Waals surface area contributed by atoms with Gasteiger partial charge in [-0.1, -0.05) is 18.2 Å². The minimum absolute atomic E-state index is 0.178. The van der Waals surface area contributed by atoms with Crippen LogP contribution in [0.25, 0.3) is 27.7 Å². The number of hydrogen-bond donors (Lipinski definition) is 2. The number of amides is 1. The number of hydrogen-bond acceptors (Lipinski definition) is 3. The lowest BCUT2D eigenvalue weighted by Gasteiger charge is -2.16. The fraction of sp³-hybridized carbons (Fsp3) is 0.320. The summed E-state index contributed by atoms with van der Waals surface area (Å²) in [6, 6.07) is 12.8. The van der Waals surface area contributed by atoms with Gasteiger partial charge >= 0.3 is 5.69 Å². The Balaban J connectivity index is 1.26. The lowest BCUT2D eigenvalue weighted by atomic mass is 10.0. The Kier molecular flexibility index (Phi) is 4.67. The number of carbonyl (C=O) groups is 1. The molecule has 2 fully saturated rings. The Morgan fingerprint density at radius 2 is 1.91 bits per heavy atom. The molecule has 2 aromatic heterocycles. The zero-order valence-electron chi connectivity index (χ0n) is 18.1. The second-order valence-electron chi connectivity index (χ2n) is 9.14. The summed E-state index contributed by atoms with van der Waals surface area (Å²) in [5, 5.41) is 7.74. The fourth-order valence-corrected chi connectivity index (χ4v) is 4.86. The second kappa shape index (κ2) is 7.72. The molecule has 1 saturated heterocycles. The SMILES string of the molecule is O=C(C1CC1)N1CCC(Cc2n[nH]c(=O)n2-c2ccc(-c3ccc4cc[nH]c4c3)cc2F)C1. The van der Waals surface area contributed by atoms with Gasteiger partial charge in [0.1, 0.15) is 11.6 Å². The highest BCUT2D eigenvalue weighted by molar-refractivity contribution is 5.85. The number of nitrogens with one attached hydrogen (secondary N) is 2. The van der Waals surface area contributed by atoms with Crippen molar-refractivity contribution < 1.29 is 9.18 Å². The molecule has 0 bridgehead atoms. The summed E-state index contributed by atoms with van der Waals surface area (Å²) in [6.07, 6.45) is 5.23. The zero-order valence-corrected chi connectivity index (χ0v) is 18.1. The minimum Gasteiger partial charge on any atom is -0.361 e. The molecule has 1 aliphatic carbocycles. The highest BCUT2D eigenvalue weighted by atomic mass is 19.1. The lowest BCUT2D eigenvalue weighted by Crippen LogP contribution is -2.30. The summed E-state index contributed by atoms with van der Waals surface area (Å²) in [5.74, 6) is 0.663. The van der Waals surface area contributed by atoms with Crippen molar-refractivity contribution in [3.63, 3.8) is 0 Å². The van der Waals surface area contributed by atoms with Crippen LogP contribution >= 0.6 is 0 Å². The third kappa shape index (κ3) is 3.65. The Bertz CT molecular complexity index is 1410. The van der Waals surface area contributed by atoms with Crippen molar-refractivity contribution in [2.24, 2.45) is 11.8 Å². The largest absolute Gasteiger partial charge is 0.361 e. The molecule has 7 nitrogen and oxygen atoms in total. The van der Waals surface area contributed by atoms with Crippen molar-refractivity contribution in [1.29, 1.82) is 0 Å². The van der Waals surface area contributed by atoms with Crippen LogP contribution in [0.5, 0.6) is 0 Å². The molecule has 2 aliphatic rings. The highest BCUT2D eigenvalue weighted by Crippen LogP contribution is 2.33. The van der Waals surface area contributed by atoms with E-state index >= 15 is 4.39 Å². The Hall–Kier alpha value is -3.68. The van der Waals surface area contributed by atoms with Gasteiger partial charge in [-0.05, 0) is 66.0 Å². The maximum Gasteiger partial charge on any atom is 0.348 e. The smallest absolute Gasteiger partial charge is 0.348 e. The van der Waals surface area contributed by atoms with E-state index in [1.54, 1.807) is 6.07 Å². The maximum absolute atomic E-state index is 15.2. The van der Waals surface area contributed by atoms with Crippen LogP contribution in [-0.2, 0) is 11.2 Å². The van der Waals surface area contributed by atoms with Crippen molar-refractivity contribution in [3.8, 4) is 16.8 Å². The van der Waals surface area contributed by atoms with Crippen LogP contribution < -0.4 is 5.69 Å². The van der Waals surface area contributed by atoms with Gasteiger partial charge in [0, 0.05) is 37.1 Å². The molecule has 1 unspecified atom stereocenters. The number of likely N-dealkylation sites (tertiary alicyclic amines) is 1. The first-order valence-electron chi connectivity index (χ1n) is 11.4. The summed E-state index contributed by atoms with van der Waals surface area (Å²) >= 11 is 0. The van der Waals surface area contributed by atoms with E-state index < -0.39 is 11.5 Å². The minimum atomic E-state index is -0.485. The van der Waals surface area contributed by atoms with E-state index in [1.807, 2.05) is 41.4 Å². The molecule has 0 spiro atoms. The Labute approximate surface area is 189 Å². The van der Waals surface area contributed by atoms with Crippen LogP contribution in [0.2, 0.25) is 0 Å². The van der Waals surface area contributed by atoms with E-state index in [0.29, 0.717) is 18.8 Å². The number of carbonyl (C=O) groups excluding carboxylic acids is 1. The quantitative estimate of drug-likeness (QED) is 0.492. The van der Waals surface area contributed by atoms with Gasteiger partial charge in [-0.3, -0.25) is 4.79 Å². The second-order valence-corrected chi connectivity index (χ2v) is 9.14. The Morgan fingerprint density at radius 1 is 1.09 bits per heavy atom. The topological polar surface area (TPSA) is 86.8 Å². The van der Waals surface area contributed by atoms with Crippen molar-refractivity contribution in [3.05, 3.63) is 70.8 Å². The molecule has 1 saturated carbocycles. The van der Waals surface area contributed by atoms with Crippen molar-refractivity contribution >= 4 is 16.8 Å². The molecule has 1 amide bonds. The molecule has 8 heteroatoms. The van der Waals surface area contributed by atoms with E-state index in [4.69, 9.17) is 0 Å². The molecular formula is C25H24FN5O2. The third-order valence-electron chi connectivity index (χ3n) is 6.81.